The van der Waals surface area contributed by atoms with Gasteiger partial charge in [-0.2, -0.15) is 0 Å². The molecular formula is C21H22ClN3O2S. The number of hydrogen-bond donors (Lipinski definition) is 0. The number of thiophene rings is 1. The van der Waals surface area contributed by atoms with Crippen molar-refractivity contribution in [2.45, 2.75) is 46.6 Å². The highest BCUT2D eigenvalue weighted by Crippen LogP contribution is 2.41. The van der Waals surface area contributed by atoms with E-state index >= 15 is 0 Å². The van der Waals surface area contributed by atoms with E-state index in [2.05, 4.69) is 31.1 Å². The average molecular weight is 416 g/mol. The maximum absolute atomic E-state index is 13.1. The normalized spacial score (nSPS) is 16.9. The summed E-state index contributed by atoms with van der Waals surface area (Å²) in [5, 5.41) is 9.48. The third kappa shape index (κ3) is 3.51. The van der Waals surface area contributed by atoms with Crippen molar-refractivity contribution in [1.29, 1.82) is 0 Å². The van der Waals surface area contributed by atoms with Crippen LogP contribution in [0.2, 0.25) is 5.02 Å². The minimum atomic E-state index is -0.223. The smallest absolute Gasteiger partial charge is 0.279 e. The lowest BCUT2D eigenvalue weighted by Gasteiger charge is -2.33. The summed E-state index contributed by atoms with van der Waals surface area (Å²) in [6.07, 6.45) is 2.92. The summed E-state index contributed by atoms with van der Waals surface area (Å²) in [6.45, 7) is 6.68. The maximum atomic E-state index is 13.1. The molecule has 0 saturated carbocycles. The number of aromatic nitrogens is 3. The highest BCUT2D eigenvalue weighted by atomic mass is 35.5. The van der Waals surface area contributed by atoms with E-state index in [1.54, 1.807) is 35.6 Å². The van der Waals surface area contributed by atoms with Gasteiger partial charge in [-0.1, -0.05) is 37.6 Å². The monoisotopic (exact) mass is 415 g/mol. The SMILES string of the molecule is CC(C)(C)[C@@H]1CCc2c(sc3nnn(CC(=O)c4ccc(Cl)cc4)c(=O)c23)C1. The summed E-state index contributed by atoms with van der Waals surface area (Å²) < 4.78 is 1.18. The zero-order chi connectivity index (χ0) is 20.1. The summed E-state index contributed by atoms with van der Waals surface area (Å²) in [5.74, 6) is 0.402. The van der Waals surface area contributed by atoms with E-state index in [0.717, 1.165) is 24.8 Å². The fourth-order valence-electron chi connectivity index (χ4n) is 3.83. The van der Waals surface area contributed by atoms with Crippen molar-refractivity contribution in [2.75, 3.05) is 0 Å². The Labute approximate surface area is 172 Å². The lowest BCUT2D eigenvalue weighted by atomic mass is 9.72. The predicted octanol–water partition coefficient (Wildman–Crippen LogP) is 4.54. The van der Waals surface area contributed by atoms with E-state index in [1.807, 2.05) is 0 Å². The molecule has 1 atom stereocenters. The first kappa shape index (κ1) is 19.3. The molecular weight excluding hydrogens is 394 g/mol. The molecule has 0 saturated heterocycles. The van der Waals surface area contributed by atoms with Crippen LogP contribution < -0.4 is 5.56 Å². The van der Waals surface area contributed by atoms with Crippen molar-refractivity contribution in [3.63, 3.8) is 0 Å². The quantitative estimate of drug-likeness (QED) is 0.589. The van der Waals surface area contributed by atoms with Gasteiger partial charge < -0.3 is 0 Å². The van der Waals surface area contributed by atoms with Gasteiger partial charge in [0.15, 0.2) is 10.6 Å². The molecule has 0 bridgehead atoms. The van der Waals surface area contributed by atoms with Crippen molar-refractivity contribution in [3.8, 4) is 0 Å². The number of ketones is 1. The highest BCUT2D eigenvalue weighted by Gasteiger charge is 2.32. The average Bonchev–Trinajstić information content (AvgIpc) is 3.02. The Balaban J connectivity index is 1.67. The van der Waals surface area contributed by atoms with E-state index in [1.165, 1.54) is 9.56 Å². The molecule has 1 aromatic carbocycles. The van der Waals surface area contributed by atoms with Crippen molar-refractivity contribution in [3.05, 3.63) is 55.6 Å². The molecule has 0 spiro atoms. The molecule has 1 aliphatic rings. The second-order valence-corrected chi connectivity index (χ2v) is 9.99. The lowest BCUT2D eigenvalue weighted by Crippen LogP contribution is -2.29. The Hall–Kier alpha value is -2.05. The summed E-state index contributed by atoms with van der Waals surface area (Å²) in [6, 6.07) is 6.63. The summed E-state index contributed by atoms with van der Waals surface area (Å²) >= 11 is 7.45. The Morgan fingerprint density at radius 3 is 2.68 bits per heavy atom. The van der Waals surface area contributed by atoms with Gasteiger partial charge in [-0.15, -0.1) is 16.4 Å². The van der Waals surface area contributed by atoms with E-state index in [0.29, 0.717) is 26.7 Å². The Kier molecular flexibility index (Phi) is 4.88. The van der Waals surface area contributed by atoms with Crippen LogP contribution in [0.1, 0.15) is 48.0 Å². The predicted molar refractivity (Wildman–Crippen MR) is 112 cm³/mol. The van der Waals surface area contributed by atoms with Gasteiger partial charge >= 0.3 is 0 Å². The van der Waals surface area contributed by atoms with E-state index in [9.17, 15) is 9.59 Å². The van der Waals surface area contributed by atoms with Gasteiger partial charge in [-0.3, -0.25) is 9.59 Å². The molecule has 4 rings (SSSR count). The fourth-order valence-corrected chi connectivity index (χ4v) is 5.19. The number of fused-ring (bicyclic) bond motifs is 3. The number of rotatable bonds is 3. The zero-order valence-electron chi connectivity index (χ0n) is 16.2. The fraction of sp³-hybridized carbons (Fsp3) is 0.429. The first-order chi connectivity index (χ1) is 13.2. The largest absolute Gasteiger partial charge is 0.292 e. The third-order valence-corrected chi connectivity index (χ3v) is 7.01. The van der Waals surface area contributed by atoms with Gasteiger partial charge in [0.05, 0.1) is 5.39 Å². The summed E-state index contributed by atoms with van der Waals surface area (Å²) in [4.78, 5) is 27.5. The minimum Gasteiger partial charge on any atom is -0.292 e. The van der Waals surface area contributed by atoms with Gasteiger partial charge in [0.2, 0.25) is 0 Å². The molecule has 0 aliphatic heterocycles. The van der Waals surface area contributed by atoms with Crippen LogP contribution in [0.25, 0.3) is 10.2 Å². The Morgan fingerprint density at radius 2 is 2.00 bits per heavy atom. The summed E-state index contributed by atoms with van der Waals surface area (Å²) in [7, 11) is 0. The molecule has 5 nitrogen and oxygen atoms in total. The molecule has 0 fully saturated rings. The van der Waals surface area contributed by atoms with Crippen LogP contribution in [0, 0.1) is 11.3 Å². The van der Waals surface area contributed by atoms with E-state index in [4.69, 9.17) is 11.6 Å². The Bertz CT molecular complexity index is 1110. The van der Waals surface area contributed by atoms with Crippen LogP contribution >= 0.6 is 22.9 Å². The zero-order valence-corrected chi connectivity index (χ0v) is 17.7. The maximum Gasteiger partial charge on any atom is 0.279 e. The molecule has 2 aromatic heterocycles. The van der Waals surface area contributed by atoms with Crippen molar-refractivity contribution in [2.24, 2.45) is 11.3 Å². The van der Waals surface area contributed by atoms with Crippen LogP contribution in [0.4, 0.5) is 0 Å². The number of hydrogen-bond acceptors (Lipinski definition) is 5. The molecule has 146 valence electrons. The van der Waals surface area contributed by atoms with Crippen LogP contribution in [0.15, 0.2) is 29.1 Å². The van der Waals surface area contributed by atoms with Gasteiger partial charge in [0.25, 0.3) is 5.56 Å². The number of halogens is 1. The van der Waals surface area contributed by atoms with Crippen LogP contribution in [0.5, 0.6) is 0 Å². The van der Waals surface area contributed by atoms with E-state index < -0.39 is 0 Å². The molecule has 1 aliphatic carbocycles. The summed E-state index contributed by atoms with van der Waals surface area (Å²) in [5.41, 5.74) is 1.62. The van der Waals surface area contributed by atoms with Crippen molar-refractivity contribution >= 4 is 38.9 Å². The lowest BCUT2D eigenvalue weighted by molar-refractivity contribution is 0.0964. The molecule has 0 unspecified atom stereocenters. The molecule has 0 amide bonds. The molecule has 7 heteroatoms. The van der Waals surface area contributed by atoms with Crippen LogP contribution in [0.3, 0.4) is 0 Å². The number of carbonyl (C=O) groups excluding carboxylic acids is 1. The van der Waals surface area contributed by atoms with Gasteiger partial charge in [-0.05, 0) is 60.4 Å². The van der Waals surface area contributed by atoms with Crippen LogP contribution in [-0.4, -0.2) is 20.8 Å². The van der Waals surface area contributed by atoms with Gasteiger partial charge in [-0.25, -0.2) is 4.68 Å². The van der Waals surface area contributed by atoms with Gasteiger partial charge in [0.1, 0.15) is 6.54 Å². The second kappa shape index (κ2) is 7.08. The number of carbonyl (C=O) groups is 1. The highest BCUT2D eigenvalue weighted by molar-refractivity contribution is 7.18. The van der Waals surface area contributed by atoms with Crippen molar-refractivity contribution < 1.29 is 4.79 Å². The topological polar surface area (TPSA) is 64.8 Å². The molecule has 2 heterocycles. The standard InChI is InChI=1S/C21H22ClN3O2S/c1-21(2,3)13-6-9-15-17(10-13)28-19-18(15)20(27)25(24-23-19)11-16(26)12-4-7-14(22)8-5-12/h4-5,7-8,13H,6,9-11H2,1-3H3/t13-/m1/s1. The second-order valence-electron chi connectivity index (χ2n) is 8.47. The first-order valence-electron chi connectivity index (χ1n) is 9.41. The van der Waals surface area contributed by atoms with Crippen LogP contribution in [-0.2, 0) is 19.4 Å². The first-order valence-corrected chi connectivity index (χ1v) is 10.6. The molecule has 28 heavy (non-hydrogen) atoms. The van der Waals surface area contributed by atoms with Gasteiger partial charge in [0, 0.05) is 15.5 Å². The number of aryl methyl sites for hydroxylation is 1. The number of Topliss-reactive ketones (excluding diaryl/α,β-unsaturated/α-hetero) is 1. The molecule has 0 N–H and O–H groups in total. The van der Waals surface area contributed by atoms with E-state index in [-0.39, 0.29) is 23.3 Å². The Morgan fingerprint density at radius 1 is 1.29 bits per heavy atom. The number of nitrogens with zero attached hydrogens (tertiary/aromatic N) is 3. The third-order valence-electron chi connectivity index (χ3n) is 5.62. The molecule has 3 aromatic rings. The molecule has 0 radical (unpaired) electrons. The van der Waals surface area contributed by atoms with Crippen molar-refractivity contribution in [1.82, 2.24) is 15.0 Å². The number of benzene rings is 1. The minimum absolute atomic E-state index is 0.126.